The van der Waals surface area contributed by atoms with Gasteiger partial charge in [-0.3, -0.25) is 4.90 Å². The predicted octanol–water partition coefficient (Wildman–Crippen LogP) is 1.20. The number of piperidine rings is 3. The van der Waals surface area contributed by atoms with Gasteiger partial charge < -0.3 is 4.74 Å². The van der Waals surface area contributed by atoms with Crippen LogP contribution >= 0.6 is 0 Å². The molecule has 0 amide bonds. The van der Waals surface area contributed by atoms with Crippen molar-refractivity contribution < 1.29 is 9.53 Å². The zero-order valence-corrected chi connectivity index (χ0v) is 8.66. The van der Waals surface area contributed by atoms with Crippen LogP contribution in [-0.4, -0.2) is 37.1 Å². The fourth-order valence-corrected chi connectivity index (χ4v) is 2.35. The quantitative estimate of drug-likeness (QED) is 0.490. The fourth-order valence-electron chi connectivity index (χ4n) is 2.35. The van der Waals surface area contributed by atoms with Crippen molar-refractivity contribution in [3.8, 4) is 0 Å². The first kappa shape index (κ1) is 9.71. The molecule has 0 N–H and O–H groups in total. The molecule has 0 aromatic carbocycles. The smallest absolute Gasteiger partial charge is 0.330 e. The van der Waals surface area contributed by atoms with E-state index in [1.165, 1.54) is 31.5 Å². The minimum absolute atomic E-state index is 0.170. The Bertz CT molecular complexity index is 252. The van der Waals surface area contributed by atoms with Gasteiger partial charge in [0.15, 0.2) is 0 Å². The van der Waals surface area contributed by atoms with E-state index in [-0.39, 0.29) is 5.97 Å². The molecule has 3 heteroatoms. The standard InChI is InChI=1S/C11H17NO2/c1-2-14-11(13)7-10-8-12-5-3-9(10)4-6-12/h7,9H,2-6,8H2,1H3. The first-order valence-electron chi connectivity index (χ1n) is 5.39. The lowest BCUT2D eigenvalue weighted by Crippen LogP contribution is -2.43. The van der Waals surface area contributed by atoms with E-state index < -0.39 is 0 Å². The molecule has 0 saturated carbocycles. The third kappa shape index (κ3) is 1.98. The highest BCUT2D eigenvalue weighted by atomic mass is 16.5. The SMILES string of the molecule is CCOC(=O)C=C1CN2CCC1CC2. The zero-order chi connectivity index (χ0) is 9.97. The zero-order valence-electron chi connectivity index (χ0n) is 8.66. The molecule has 0 spiro atoms. The van der Waals surface area contributed by atoms with Crippen LogP contribution < -0.4 is 0 Å². The Morgan fingerprint density at radius 1 is 1.57 bits per heavy atom. The van der Waals surface area contributed by atoms with Crippen molar-refractivity contribution in [2.75, 3.05) is 26.2 Å². The van der Waals surface area contributed by atoms with Crippen molar-refractivity contribution in [2.45, 2.75) is 19.8 Å². The topological polar surface area (TPSA) is 29.5 Å². The Hall–Kier alpha value is -0.830. The molecular formula is C11H17NO2. The minimum atomic E-state index is -0.170. The molecule has 3 nitrogen and oxygen atoms in total. The maximum absolute atomic E-state index is 11.3. The lowest BCUT2D eigenvalue weighted by atomic mass is 9.83. The average Bonchev–Trinajstić information content (AvgIpc) is 2.19. The highest BCUT2D eigenvalue weighted by Crippen LogP contribution is 2.31. The van der Waals surface area contributed by atoms with Gasteiger partial charge in [0.2, 0.25) is 0 Å². The second kappa shape index (κ2) is 4.13. The molecule has 0 aliphatic carbocycles. The van der Waals surface area contributed by atoms with Crippen LogP contribution in [0.2, 0.25) is 0 Å². The molecule has 3 fully saturated rings. The second-order valence-electron chi connectivity index (χ2n) is 4.02. The summed E-state index contributed by atoms with van der Waals surface area (Å²) in [5.41, 5.74) is 1.28. The summed E-state index contributed by atoms with van der Waals surface area (Å²) in [6.07, 6.45) is 4.13. The summed E-state index contributed by atoms with van der Waals surface area (Å²) in [5.74, 6) is 0.473. The highest BCUT2D eigenvalue weighted by Gasteiger charge is 2.29. The van der Waals surface area contributed by atoms with Crippen molar-refractivity contribution >= 4 is 5.97 Å². The summed E-state index contributed by atoms with van der Waals surface area (Å²) in [6, 6.07) is 0. The molecule has 3 heterocycles. The van der Waals surface area contributed by atoms with Crippen molar-refractivity contribution in [1.82, 2.24) is 4.90 Å². The van der Waals surface area contributed by atoms with Crippen molar-refractivity contribution in [3.05, 3.63) is 11.6 Å². The Morgan fingerprint density at radius 3 is 2.79 bits per heavy atom. The van der Waals surface area contributed by atoms with Crippen LogP contribution in [0, 0.1) is 5.92 Å². The summed E-state index contributed by atoms with van der Waals surface area (Å²) < 4.78 is 4.92. The molecule has 3 aliphatic heterocycles. The Kier molecular flexibility index (Phi) is 2.87. The summed E-state index contributed by atoms with van der Waals surface area (Å²) >= 11 is 0. The Balaban J connectivity index is 2.00. The molecule has 14 heavy (non-hydrogen) atoms. The number of hydrogen-bond donors (Lipinski definition) is 0. The van der Waals surface area contributed by atoms with Gasteiger partial charge in [-0.2, -0.15) is 0 Å². The number of hydrogen-bond acceptors (Lipinski definition) is 3. The molecule has 0 radical (unpaired) electrons. The monoisotopic (exact) mass is 195 g/mol. The molecule has 3 saturated heterocycles. The van der Waals surface area contributed by atoms with Crippen LogP contribution in [0.1, 0.15) is 19.8 Å². The number of nitrogens with zero attached hydrogens (tertiary/aromatic N) is 1. The van der Waals surface area contributed by atoms with Crippen LogP contribution in [0.25, 0.3) is 0 Å². The first-order chi connectivity index (χ1) is 6.79. The maximum atomic E-state index is 11.3. The number of esters is 1. The molecule has 0 unspecified atom stereocenters. The van der Waals surface area contributed by atoms with Gasteiger partial charge >= 0.3 is 5.97 Å². The number of carbonyl (C=O) groups excluding carboxylic acids is 1. The van der Waals surface area contributed by atoms with Crippen molar-refractivity contribution in [3.63, 3.8) is 0 Å². The molecule has 0 aromatic rings. The molecule has 2 bridgehead atoms. The lowest BCUT2D eigenvalue weighted by Gasteiger charge is -2.40. The highest BCUT2D eigenvalue weighted by molar-refractivity contribution is 5.83. The van der Waals surface area contributed by atoms with Crippen LogP contribution in [0.5, 0.6) is 0 Å². The molecule has 0 atom stereocenters. The van der Waals surface area contributed by atoms with E-state index >= 15 is 0 Å². The van der Waals surface area contributed by atoms with Gasteiger partial charge in [-0.25, -0.2) is 4.79 Å². The van der Waals surface area contributed by atoms with E-state index in [0.29, 0.717) is 12.5 Å². The van der Waals surface area contributed by atoms with Gasteiger partial charge in [-0.15, -0.1) is 0 Å². The van der Waals surface area contributed by atoms with E-state index in [2.05, 4.69) is 4.90 Å². The molecule has 0 aromatic heterocycles. The predicted molar refractivity (Wildman–Crippen MR) is 53.9 cm³/mol. The van der Waals surface area contributed by atoms with Crippen LogP contribution in [0.15, 0.2) is 11.6 Å². The third-order valence-electron chi connectivity index (χ3n) is 3.11. The summed E-state index contributed by atoms with van der Waals surface area (Å²) in [6.45, 7) is 5.68. The number of carbonyl (C=O) groups is 1. The Morgan fingerprint density at radius 2 is 2.29 bits per heavy atom. The van der Waals surface area contributed by atoms with Gasteiger partial charge in [0.05, 0.1) is 6.61 Å². The number of rotatable bonds is 2. The van der Waals surface area contributed by atoms with E-state index in [1.54, 1.807) is 6.08 Å². The third-order valence-corrected chi connectivity index (χ3v) is 3.11. The molecular weight excluding hydrogens is 178 g/mol. The van der Waals surface area contributed by atoms with Crippen molar-refractivity contribution in [1.29, 1.82) is 0 Å². The Labute approximate surface area is 84.7 Å². The largest absolute Gasteiger partial charge is 0.463 e. The van der Waals surface area contributed by atoms with Crippen LogP contribution in [0.3, 0.4) is 0 Å². The van der Waals surface area contributed by atoms with E-state index in [0.717, 1.165) is 6.54 Å². The first-order valence-corrected chi connectivity index (χ1v) is 5.39. The fraction of sp³-hybridized carbons (Fsp3) is 0.727. The van der Waals surface area contributed by atoms with Crippen LogP contribution in [-0.2, 0) is 9.53 Å². The van der Waals surface area contributed by atoms with E-state index in [1.807, 2.05) is 6.92 Å². The summed E-state index contributed by atoms with van der Waals surface area (Å²) in [4.78, 5) is 13.7. The molecule has 78 valence electrons. The molecule has 3 aliphatic rings. The van der Waals surface area contributed by atoms with Gasteiger partial charge in [-0.05, 0) is 44.3 Å². The van der Waals surface area contributed by atoms with Gasteiger partial charge in [0, 0.05) is 12.6 Å². The minimum Gasteiger partial charge on any atom is -0.463 e. The van der Waals surface area contributed by atoms with Gasteiger partial charge in [0.1, 0.15) is 0 Å². The summed E-state index contributed by atoms with van der Waals surface area (Å²) in [5, 5.41) is 0. The summed E-state index contributed by atoms with van der Waals surface area (Å²) in [7, 11) is 0. The lowest BCUT2D eigenvalue weighted by molar-refractivity contribution is -0.137. The average molecular weight is 195 g/mol. The van der Waals surface area contributed by atoms with Gasteiger partial charge in [0.25, 0.3) is 0 Å². The number of ether oxygens (including phenoxy) is 1. The normalized spacial score (nSPS) is 33.4. The molecule has 3 rings (SSSR count). The van der Waals surface area contributed by atoms with Gasteiger partial charge in [-0.1, -0.05) is 0 Å². The maximum Gasteiger partial charge on any atom is 0.330 e. The second-order valence-corrected chi connectivity index (χ2v) is 4.02. The number of fused-ring (bicyclic) bond motifs is 3. The van der Waals surface area contributed by atoms with E-state index in [4.69, 9.17) is 4.74 Å². The van der Waals surface area contributed by atoms with E-state index in [9.17, 15) is 4.79 Å². The van der Waals surface area contributed by atoms with Crippen LogP contribution in [0.4, 0.5) is 0 Å². The van der Waals surface area contributed by atoms with Crippen molar-refractivity contribution in [2.24, 2.45) is 5.92 Å².